The van der Waals surface area contributed by atoms with Gasteiger partial charge in [0.1, 0.15) is 0 Å². The fourth-order valence-corrected chi connectivity index (χ4v) is 1.85. The normalized spacial score (nSPS) is 22.3. The van der Waals surface area contributed by atoms with Gasteiger partial charge in [0.2, 0.25) is 0 Å². The second kappa shape index (κ2) is 5.65. The predicted octanol–water partition coefficient (Wildman–Crippen LogP) is 3.75. The molecule has 11 heavy (non-hydrogen) atoms. The van der Waals surface area contributed by atoms with Crippen LogP contribution in [0.3, 0.4) is 0 Å². The monoisotopic (exact) mass is 172 g/mol. The van der Waals surface area contributed by atoms with Crippen LogP contribution >= 0.6 is 11.6 Å². The van der Waals surface area contributed by atoms with Crippen LogP contribution in [0.1, 0.15) is 38.5 Å². The smallest absolute Gasteiger partial charge is 0.0404 e. The molecular weight excluding hydrogens is 156 g/mol. The Labute approximate surface area is 74.6 Å². The predicted molar refractivity (Wildman–Crippen MR) is 51.1 cm³/mol. The standard InChI is InChI=1S/C10H17Cl/c11-9-5-8-10-6-3-1-2-4-7-10/h5,8,10H,1-4,6-7,9H2. The lowest BCUT2D eigenvalue weighted by Gasteiger charge is -2.06. The molecule has 1 heteroatoms. The molecule has 0 amide bonds. The van der Waals surface area contributed by atoms with Crippen molar-refractivity contribution in [1.82, 2.24) is 0 Å². The zero-order valence-corrected chi connectivity index (χ0v) is 7.82. The molecule has 1 rings (SSSR count). The Kier molecular flexibility index (Phi) is 4.69. The molecule has 1 aliphatic carbocycles. The van der Waals surface area contributed by atoms with E-state index in [9.17, 15) is 0 Å². The molecule has 0 radical (unpaired) electrons. The molecule has 0 N–H and O–H groups in total. The lowest BCUT2D eigenvalue weighted by Crippen LogP contribution is -1.92. The topological polar surface area (TPSA) is 0 Å². The van der Waals surface area contributed by atoms with E-state index in [1.807, 2.05) is 0 Å². The Balaban J connectivity index is 2.25. The van der Waals surface area contributed by atoms with Crippen molar-refractivity contribution in [1.29, 1.82) is 0 Å². The molecule has 0 unspecified atom stereocenters. The van der Waals surface area contributed by atoms with E-state index in [0.29, 0.717) is 5.88 Å². The SMILES string of the molecule is ClCC=CC1CCCCCC1. The van der Waals surface area contributed by atoms with Crippen LogP contribution in [0.25, 0.3) is 0 Å². The maximum Gasteiger partial charge on any atom is 0.0404 e. The first kappa shape index (κ1) is 9.12. The summed E-state index contributed by atoms with van der Waals surface area (Å²) in [5, 5.41) is 0. The van der Waals surface area contributed by atoms with Gasteiger partial charge in [-0.05, 0) is 18.8 Å². The van der Waals surface area contributed by atoms with Crippen molar-refractivity contribution < 1.29 is 0 Å². The van der Waals surface area contributed by atoms with E-state index in [0.717, 1.165) is 5.92 Å². The van der Waals surface area contributed by atoms with Crippen LogP contribution < -0.4 is 0 Å². The van der Waals surface area contributed by atoms with Crippen LogP contribution in [0.5, 0.6) is 0 Å². The van der Waals surface area contributed by atoms with Crippen molar-refractivity contribution in [3.05, 3.63) is 12.2 Å². The van der Waals surface area contributed by atoms with E-state index >= 15 is 0 Å². The summed E-state index contributed by atoms with van der Waals surface area (Å²) in [6.45, 7) is 0. The molecule has 0 heterocycles. The van der Waals surface area contributed by atoms with Crippen molar-refractivity contribution >= 4 is 11.6 Å². The highest BCUT2D eigenvalue weighted by molar-refractivity contribution is 6.18. The lowest BCUT2D eigenvalue weighted by atomic mass is 10.0. The fraction of sp³-hybridized carbons (Fsp3) is 0.800. The number of allylic oxidation sites excluding steroid dienone is 2. The van der Waals surface area contributed by atoms with E-state index < -0.39 is 0 Å². The number of halogens is 1. The minimum absolute atomic E-state index is 0.677. The quantitative estimate of drug-likeness (QED) is 0.338. The Morgan fingerprint density at radius 1 is 1.09 bits per heavy atom. The van der Waals surface area contributed by atoms with Gasteiger partial charge in [0.15, 0.2) is 0 Å². The van der Waals surface area contributed by atoms with E-state index in [1.54, 1.807) is 0 Å². The van der Waals surface area contributed by atoms with Gasteiger partial charge >= 0.3 is 0 Å². The van der Waals surface area contributed by atoms with E-state index in [1.165, 1.54) is 38.5 Å². The molecule has 1 fully saturated rings. The Bertz CT molecular complexity index is 110. The maximum atomic E-state index is 5.57. The third kappa shape index (κ3) is 3.81. The van der Waals surface area contributed by atoms with Crippen molar-refractivity contribution in [3.63, 3.8) is 0 Å². The number of alkyl halides is 1. The molecule has 64 valence electrons. The Morgan fingerprint density at radius 2 is 1.73 bits per heavy atom. The van der Waals surface area contributed by atoms with Gasteiger partial charge < -0.3 is 0 Å². The van der Waals surface area contributed by atoms with E-state index in [2.05, 4.69) is 12.2 Å². The second-order valence-corrected chi connectivity index (χ2v) is 3.64. The lowest BCUT2D eigenvalue weighted by molar-refractivity contribution is 0.559. The summed E-state index contributed by atoms with van der Waals surface area (Å²) in [7, 11) is 0. The molecule has 0 saturated heterocycles. The first-order chi connectivity index (χ1) is 5.43. The molecule has 0 nitrogen and oxygen atoms in total. The highest BCUT2D eigenvalue weighted by Gasteiger charge is 2.07. The van der Waals surface area contributed by atoms with Crippen molar-refractivity contribution in [3.8, 4) is 0 Å². The van der Waals surface area contributed by atoms with Gasteiger partial charge in [-0.2, -0.15) is 0 Å². The summed E-state index contributed by atoms with van der Waals surface area (Å²) in [4.78, 5) is 0. The van der Waals surface area contributed by atoms with Gasteiger partial charge in [-0.1, -0.05) is 37.8 Å². The minimum atomic E-state index is 0.677. The first-order valence-electron chi connectivity index (χ1n) is 4.66. The van der Waals surface area contributed by atoms with Crippen molar-refractivity contribution in [2.75, 3.05) is 5.88 Å². The third-order valence-electron chi connectivity index (χ3n) is 2.40. The number of hydrogen-bond donors (Lipinski definition) is 0. The molecule has 0 spiro atoms. The molecule has 0 bridgehead atoms. The summed E-state index contributed by atoms with van der Waals surface area (Å²) in [6.07, 6.45) is 12.9. The summed E-state index contributed by atoms with van der Waals surface area (Å²) in [6, 6.07) is 0. The molecule has 0 aromatic rings. The van der Waals surface area contributed by atoms with Gasteiger partial charge in [-0.25, -0.2) is 0 Å². The average Bonchev–Trinajstić information content (AvgIpc) is 2.28. The molecule has 0 atom stereocenters. The molecule has 0 aromatic carbocycles. The highest BCUT2D eigenvalue weighted by atomic mass is 35.5. The third-order valence-corrected chi connectivity index (χ3v) is 2.58. The van der Waals surface area contributed by atoms with E-state index in [4.69, 9.17) is 11.6 Å². The highest BCUT2D eigenvalue weighted by Crippen LogP contribution is 2.23. The van der Waals surface area contributed by atoms with Gasteiger partial charge in [-0.3, -0.25) is 0 Å². The summed E-state index contributed by atoms with van der Waals surface area (Å²) < 4.78 is 0. The van der Waals surface area contributed by atoms with Gasteiger partial charge in [-0.15, -0.1) is 11.6 Å². The molecular formula is C10H17Cl. The van der Waals surface area contributed by atoms with Gasteiger partial charge in [0.25, 0.3) is 0 Å². The second-order valence-electron chi connectivity index (χ2n) is 3.33. The molecule has 1 aliphatic rings. The fourth-order valence-electron chi connectivity index (χ4n) is 1.75. The first-order valence-corrected chi connectivity index (χ1v) is 5.19. The van der Waals surface area contributed by atoms with Gasteiger partial charge in [0.05, 0.1) is 0 Å². The Morgan fingerprint density at radius 3 is 2.27 bits per heavy atom. The van der Waals surface area contributed by atoms with Crippen LogP contribution in [0.4, 0.5) is 0 Å². The molecule has 0 aliphatic heterocycles. The summed E-state index contributed by atoms with van der Waals surface area (Å²) >= 11 is 5.57. The van der Waals surface area contributed by atoms with Crippen LogP contribution in [-0.4, -0.2) is 5.88 Å². The number of rotatable bonds is 2. The van der Waals surface area contributed by atoms with Crippen LogP contribution in [0.15, 0.2) is 12.2 Å². The zero-order chi connectivity index (χ0) is 7.94. The molecule has 0 aromatic heterocycles. The number of hydrogen-bond acceptors (Lipinski definition) is 0. The van der Waals surface area contributed by atoms with Gasteiger partial charge in [0, 0.05) is 5.88 Å². The van der Waals surface area contributed by atoms with E-state index in [-0.39, 0.29) is 0 Å². The zero-order valence-electron chi connectivity index (χ0n) is 7.06. The Hall–Kier alpha value is 0.0300. The molecule has 1 saturated carbocycles. The summed E-state index contributed by atoms with van der Waals surface area (Å²) in [5.41, 5.74) is 0. The van der Waals surface area contributed by atoms with Crippen molar-refractivity contribution in [2.24, 2.45) is 5.92 Å². The van der Waals surface area contributed by atoms with Crippen LogP contribution in [0.2, 0.25) is 0 Å². The minimum Gasteiger partial charge on any atom is -0.122 e. The largest absolute Gasteiger partial charge is 0.122 e. The van der Waals surface area contributed by atoms with Crippen LogP contribution in [0, 0.1) is 5.92 Å². The maximum absolute atomic E-state index is 5.57. The summed E-state index contributed by atoms with van der Waals surface area (Å²) in [5.74, 6) is 1.51. The van der Waals surface area contributed by atoms with Crippen LogP contribution in [-0.2, 0) is 0 Å². The average molecular weight is 173 g/mol. The van der Waals surface area contributed by atoms with Crippen molar-refractivity contribution in [2.45, 2.75) is 38.5 Å².